The molecule has 0 spiro atoms. The molecule has 0 radical (unpaired) electrons. The second kappa shape index (κ2) is 5.87. The van der Waals surface area contributed by atoms with Gasteiger partial charge in [-0.1, -0.05) is 41.9 Å². The van der Waals surface area contributed by atoms with Crippen LogP contribution in [0.2, 0.25) is 5.02 Å². The molecular weight excluding hydrogens is 256 g/mol. The van der Waals surface area contributed by atoms with E-state index in [4.69, 9.17) is 16.9 Å². The van der Waals surface area contributed by atoms with E-state index in [-0.39, 0.29) is 0 Å². The van der Waals surface area contributed by atoms with Gasteiger partial charge in [-0.15, -0.1) is 0 Å². The molecule has 0 aliphatic rings. The Labute approximate surface area is 116 Å². The molecule has 2 nitrogen and oxygen atoms in total. The molecule has 0 N–H and O–H groups in total. The molecule has 2 aromatic carbocycles. The first kappa shape index (κ1) is 12.9. The number of nitrogens with zero attached hydrogens (tertiary/aromatic N) is 2. The van der Waals surface area contributed by atoms with Gasteiger partial charge in [-0.05, 0) is 35.4 Å². The first-order chi connectivity index (χ1) is 9.24. The SMILES string of the molecule is N#C/C(=C\c1ccccc1Cl)c1ccc(C#N)cc1. The highest BCUT2D eigenvalue weighted by Gasteiger charge is 2.03. The minimum atomic E-state index is 0.512. The molecule has 2 rings (SSSR count). The standard InChI is InChI=1S/C16H9ClN2/c17-16-4-2-1-3-14(16)9-15(11-19)13-7-5-12(10-18)6-8-13/h1-9H/b15-9+. The Hall–Kier alpha value is -2.55. The van der Waals surface area contributed by atoms with E-state index in [9.17, 15) is 5.26 Å². The van der Waals surface area contributed by atoms with Crippen molar-refractivity contribution in [1.82, 2.24) is 0 Å². The maximum Gasteiger partial charge on any atom is 0.0998 e. The van der Waals surface area contributed by atoms with Gasteiger partial charge in [0.05, 0.1) is 23.3 Å². The molecule has 0 aliphatic heterocycles. The van der Waals surface area contributed by atoms with Gasteiger partial charge in [0, 0.05) is 5.02 Å². The summed E-state index contributed by atoms with van der Waals surface area (Å²) in [6, 6.07) is 18.4. The summed E-state index contributed by atoms with van der Waals surface area (Å²) in [5.74, 6) is 0. The van der Waals surface area contributed by atoms with Gasteiger partial charge in [0.25, 0.3) is 0 Å². The lowest BCUT2D eigenvalue weighted by Crippen LogP contribution is -1.83. The van der Waals surface area contributed by atoms with Gasteiger partial charge in [-0.3, -0.25) is 0 Å². The second-order valence-corrected chi connectivity index (χ2v) is 4.29. The van der Waals surface area contributed by atoms with Crippen molar-refractivity contribution in [2.24, 2.45) is 0 Å². The molecule has 2 aromatic rings. The third-order valence-corrected chi connectivity index (χ3v) is 2.99. The highest BCUT2D eigenvalue weighted by molar-refractivity contribution is 6.32. The van der Waals surface area contributed by atoms with E-state index < -0.39 is 0 Å². The quantitative estimate of drug-likeness (QED) is 0.600. The van der Waals surface area contributed by atoms with Crippen LogP contribution < -0.4 is 0 Å². The summed E-state index contributed by atoms with van der Waals surface area (Å²) >= 11 is 6.06. The number of allylic oxidation sites excluding steroid dienone is 1. The molecule has 0 bridgehead atoms. The van der Waals surface area contributed by atoms with Crippen LogP contribution >= 0.6 is 11.6 Å². The number of hydrogen-bond acceptors (Lipinski definition) is 2. The van der Waals surface area contributed by atoms with Gasteiger partial charge in [-0.2, -0.15) is 10.5 Å². The fraction of sp³-hybridized carbons (Fsp3) is 0. The molecule has 3 heteroatoms. The predicted molar refractivity (Wildman–Crippen MR) is 76.1 cm³/mol. The highest BCUT2D eigenvalue weighted by atomic mass is 35.5. The maximum absolute atomic E-state index is 9.23. The number of hydrogen-bond donors (Lipinski definition) is 0. The molecule has 0 aromatic heterocycles. The van der Waals surface area contributed by atoms with E-state index in [2.05, 4.69) is 6.07 Å². The van der Waals surface area contributed by atoms with E-state index in [0.717, 1.165) is 11.1 Å². The fourth-order valence-corrected chi connectivity index (χ4v) is 1.84. The largest absolute Gasteiger partial charge is 0.192 e. The second-order valence-electron chi connectivity index (χ2n) is 3.88. The van der Waals surface area contributed by atoms with Gasteiger partial charge < -0.3 is 0 Å². The average Bonchev–Trinajstić information content (AvgIpc) is 2.47. The normalized spacial score (nSPS) is 10.6. The van der Waals surface area contributed by atoms with Crippen LogP contribution in [0.25, 0.3) is 11.6 Å². The van der Waals surface area contributed by atoms with E-state index in [1.807, 2.05) is 24.3 Å². The summed E-state index contributed by atoms with van der Waals surface area (Å²) in [6.07, 6.45) is 1.74. The van der Waals surface area contributed by atoms with Crippen molar-refractivity contribution in [3.63, 3.8) is 0 Å². The highest BCUT2D eigenvalue weighted by Crippen LogP contribution is 2.22. The van der Waals surface area contributed by atoms with Crippen molar-refractivity contribution in [2.75, 3.05) is 0 Å². The summed E-state index contributed by atoms with van der Waals surface area (Å²) in [6.45, 7) is 0. The Kier molecular flexibility index (Phi) is 3.98. The third kappa shape index (κ3) is 3.01. The molecule has 19 heavy (non-hydrogen) atoms. The summed E-state index contributed by atoms with van der Waals surface area (Å²) in [5.41, 5.74) is 2.64. The molecule has 0 atom stereocenters. The van der Waals surface area contributed by atoms with Gasteiger partial charge in [-0.25, -0.2) is 0 Å². The van der Waals surface area contributed by atoms with E-state index in [1.165, 1.54) is 0 Å². The Morgan fingerprint density at radius 2 is 1.68 bits per heavy atom. The van der Waals surface area contributed by atoms with Crippen LogP contribution in [-0.4, -0.2) is 0 Å². The van der Waals surface area contributed by atoms with Gasteiger partial charge >= 0.3 is 0 Å². The lowest BCUT2D eigenvalue weighted by Gasteiger charge is -2.01. The lowest BCUT2D eigenvalue weighted by atomic mass is 10.0. The van der Waals surface area contributed by atoms with Crippen molar-refractivity contribution >= 4 is 23.3 Å². The summed E-state index contributed by atoms with van der Waals surface area (Å²) < 4.78 is 0. The van der Waals surface area contributed by atoms with Crippen LogP contribution in [0, 0.1) is 22.7 Å². The van der Waals surface area contributed by atoms with Gasteiger partial charge in [0.2, 0.25) is 0 Å². The minimum Gasteiger partial charge on any atom is -0.192 e. The molecule has 0 saturated carbocycles. The van der Waals surface area contributed by atoms with Crippen molar-refractivity contribution in [2.45, 2.75) is 0 Å². The van der Waals surface area contributed by atoms with Crippen molar-refractivity contribution < 1.29 is 0 Å². The van der Waals surface area contributed by atoms with Crippen molar-refractivity contribution in [3.05, 3.63) is 70.2 Å². The molecule has 0 amide bonds. The fourth-order valence-electron chi connectivity index (χ4n) is 1.65. The Morgan fingerprint density at radius 1 is 1.00 bits per heavy atom. The summed E-state index contributed by atoms with van der Waals surface area (Å²) in [5, 5.41) is 18.6. The van der Waals surface area contributed by atoms with Crippen LogP contribution in [0.1, 0.15) is 16.7 Å². The first-order valence-electron chi connectivity index (χ1n) is 5.61. The molecule has 0 fully saturated rings. The Morgan fingerprint density at radius 3 is 2.26 bits per heavy atom. The molecule has 0 heterocycles. The van der Waals surface area contributed by atoms with Gasteiger partial charge in [0.15, 0.2) is 0 Å². The molecule has 90 valence electrons. The molecule has 0 saturated heterocycles. The number of rotatable bonds is 2. The minimum absolute atomic E-state index is 0.512. The molecule has 0 aliphatic carbocycles. The lowest BCUT2D eigenvalue weighted by molar-refractivity contribution is 1.47. The number of halogens is 1. The topological polar surface area (TPSA) is 47.6 Å². The summed E-state index contributed by atoms with van der Waals surface area (Å²) in [7, 11) is 0. The van der Waals surface area contributed by atoms with Crippen molar-refractivity contribution in [3.8, 4) is 12.1 Å². The average molecular weight is 265 g/mol. The van der Waals surface area contributed by atoms with Crippen LogP contribution in [0.3, 0.4) is 0 Å². The van der Waals surface area contributed by atoms with Crippen LogP contribution in [0.4, 0.5) is 0 Å². The third-order valence-electron chi connectivity index (χ3n) is 2.65. The Balaban J connectivity index is 2.43. The van der Waals surface area contributed by atoms with Crippen LogP contribution in [-0.2, 0) is 0 Å². The van der Waals surface area contributed by atoms with E-state index in [0.29, 0.717) is 16.2 Å². The van der Waals surface area contributed by atoms with Gasteiger partial charge in [0.1, 0.15) is 0 Å². The van der Waals surface area contributed by atoms with Crippen LogP contribution in [0.5, 0.6) is 0 Å². The first-order valence-corrected chi connectivity index (χ1v) is 5.99. The zero-order chi connectivity index (χ0) is 13.7. The zero-order valence-electron chi connectivity index (χ0n) is 9.97. The molecular formula is C16H9ClN2. The molecule has 0 unspecified atom stereocenters. The van der Waals surface area contributed by atoms with E-state index in [1.54, 1.807) is 36.4 Å². The van der Waals surface area contributed by atoms with E-state index >= 15 is 0 Å². The van der Waals surface area contributed by atoms with Crippen molar-refractivity contribution in [1.29, 1.82) is 10.5 Å². The smallest absolute Gasteiger partial charge is 0.0998 e. The predicted octanol–water partition coefficient (Wildman–Crippen LogP) is 4.28. The number of benzene rings is 2. The zero-order valence-corrected chi connectivity index (χ0v) is 10.7. The number of nitriles is 2. The van der Waals surface area contributed by atoms with Crippen LogP contribution in [0.15, 0.2) is 48.5 Å². The monoisotopic (exact) mass is 264 g/mol. The summed E-state index contributed by atoms with van der Waals surface area (Å²) in [4.78, 5) is 0. The maximum atomic E-state index is 9.23. The Bertz CT molecular complexity index is 701.